The Morgan fingerprint density at radius 1 is 1.21 bits per heavy atom. The lowest BCUT2D eigenvalue weighted by Crippen LogP contribution is -2.23. The summed E-state index contributed by atoms with van der Waals surface area (Å²) in [6.45, 7) is 5.36. The summed E-state index contributed by atoms with van der Waals surface area (Å²) in [7, 11) is 0. The zero-order valence-electron chi connectivity index (χ0n) is 8.83. The van der Waals surface area contributed by atoms with Crippen molar-refractivity contribution in [2.45, 2.75) is 33.6 Å². The van der Waals surface area contributed by atoms with Gasteiger partial charge in [-0.15, -0.1) is 0 Å². The third-order valence-corrected chi connectivity index (χ3v) is 2.00. The van der Waals surface area contributed by atoms with Crippen LogP contribution in [0.5, 0.6) is 0 Å². The third-order valence-electron chi connectivity index (χ3n) is 2.00. The van der Waals surface area contributed by atoms with E-state index in [2.05, 4.69) is 4.74 Å². The van der Waals surface area contributed by atoms with E-state index in [0.29, 0.717) is 6.42 Å². The number of ether oxygens (including phenoxy) is 1. The maximum Gasteiger partial charge on any atom is 0.375 e. The molecule has 1 unspecified atom stereocenters. The fraction of sp³-hybridized carbons (Fsp3) is 0.700. The second-order valence-electron chi connectivity index (χ2n) is 3.10. The first kappa shape index (κ1) is 12.8. The highest BCUT2D eigenvalue weighted by Crippen LogP contribution is 2.05. The molecule has 0 heterocycles. The summed E-state index contributed by atoms with van der Waals surface area (Å²) >= 11 is 0. The molecule has 0 bridgehead atoms. The van der Waals surface area contributed by atoms with Crippen LogP contribution in [0.4, 0.5) is 0 Å². The highest BCUT2D eigenvalue weighted by Gasteiger charge is 2.21. The fourth-order valence-electron chi connectivity index (χ4n) is 0.844. The van der Waals surface area contributed by atoms with E-state index >= 15 is 0 Å². The van der Waals surface area contributed by atoms with Crippen LogP contribution in [0.15, 0.2) is 0 Å². The molecule has 0 aliphatic rings. The molecule has 0 saturated heterocycles. The molecule has 0 radical (unpaired) electrons. The van der Waals surface area contributed by atoms with E-state index < -0.39 is 11.8 Å². The summed E-state index contributed by atoms with van der Waals surface area (Å²) < 4.78 is 4.48. The standard InChI is InChI=1S/C10H16O4/c1-4-7(3)8(11)6-9(12)10(13)14-5-2/h7H,4-6H2,1-3H3. The van der Waals surface area contributed by atoms with Gasteiger partial charge in [0.15, 0.2) is 0 Å². The SMILES string of the molecule is CCOC(=O)C(=O)CC(=O)C(C)CC. The summed E-state index contributed by atoms with van der Waals surface area (Å²) in [5.74, 6) is -2.04. The molecule has 0 saturated carbocycles. The number of carbonyl (C=O) groups excluding carboxylic acids is 3. The molecule has 0 aromatic carbocycles. The predicted molar refractivity (Wildman–Crippen MR) is 50.7 cm³/mol. The van der Waals surface area contributed by atoms with E-state index in [0.717, 1.165) is 0 Å². The second-order valence-corrected chi connectivity index (χ2v) is 3.10. The average Bonchev–Trinajstić information content (AvgIpc) is 2.16. The monoisotopic (exact) mass is 200 g/mol. The Morgan fingerprint density at radius 2 is 1.79 bits per heavy atom. The Morgan fingerprint density at radius 3 is 2.21 bits per heavy atom. The third kappa shape index (κ3) is 4.16. The molecule has 4 heteroatoms. The Hall–Kier alpha value is -1.19. The fourth-order valence-corrected chi connectivity index (χ4v) is 0.844. The molecule has 1 atom stereocenters. The molecule has 0 aliphatic heterocycles. The van der Waals surface area contributed by atoms with Gasteiger partial charge in [0.05, 0.1) is 13.0 Å². The zero-order chi connectivity index (χ0) is 11.1. The van der Waals surface area contributed by atoms with Crippen molar-refractivity contribution in [3.8, 4) is 0 Å². The van der Waals surface area contributed by atoms with Crippen molar-refractivity contribution >= 4 is 17.5 Å². The highest BCUT2D eigenvalue weighted by molar-refractivity contribution is 6.37. The van der Waals surface area contributed by atoms with Crippen LogP contribution in [0.25, 0.3) is 0 Å². The van der Waals surface area contributed by atoms with E-state index in [9.17, 15) is 14.4 Å². The van der Waals surface area contributed by atoms with Gasteiger partial charge in [-0.25, -0.2) is 4.79 Å². The largest absolute Gasteiger partial charge is 0.460 e. The molecule has 0 N–H and O–H groups in total. The van der Waals surface area contributed by atoms with Gasteiger partial charge in [0.2, 0.25) is 5.78 Å². The maximum atomic E-state index is 11.3. The van der Waals surface area contributed by atoms with E-state index in [1.165, 1.54) is 0 Å². The topological polar surface area (TPSA) is 60.4 Å². The second kappa shape index (κ2) is 6.29. The van der Waals surface area contributed by atoms with Crippen molar-refractivity contribution in [3.05, 3.63) is 0 Å². The van der Waals surface area contributed by atoms with Crippen molar-refractivity contribution in [3.63, 3.8) is 0 Å². The van der Waals surface area contributed by atoms with Gasteiger partial charge in [-0.05, 0) is 13.3 Å². The molecule has 0 fully saturated rings. The average molecular weight is 200 g/mol. The van der Waals surface area contributed by atoms with Crippen LogP contribution in [0.1, 0.15) is 33.6 Å². The van der Waals surface area contributed by atoms with Crippen molar-refractivity contribution in [1.29, 1.82) is 0 Å². The molecule has 0 amide bonds. The Kier molecular flexibility index (Phi) is 5.76. The number of esters is 1. The Balaban J connectivity index is 4.06. The lowest BCUT2D eigenvalue weighted by molar-refractivity contribution is -0.154. The first-order valence-electron chi connectivity index (χ1n) is 4.75. The van der Waals surface area contributed by atoms with Crippen molar-refractivity contribution < 1.29 is 19.1 Å². The van der Waals surface area contributed by atoms with Crippen molar-refractivity contribution in [2.75, 3.05) is 6.61 Å². The number of hydrogen-bond acceptors (Lipinski definition) is 4. The minimum Gasteiger partial charge on any atom is -0.460 e. The van der Waals surface area contributed by atoms with Crippen LogP contribution in [0, 0.1) is 5.92 Å². The summed E-state index contributed by atoms with van der Waals surface area (Å²) in [5.41, 5.74) is 0. The molecule has 0 spiro atoms. The first-order chi connectivity index (χ1) is 6.52. The number of hydrogen-bond donors (Lipinski definition) is 0. The number of carbonyl (C=O) groups is 3. The summed E-state index contributed by atoms with van der Waals surface area (Å²) in [6.07, 6.45) is 0.336. The lowest BCUT2D eigenvalue weighted by atomic mass is 9.99. The maximum absolute atomic E-state index is 11.3. The van der Waals surface area contributed by atoms with Crippen molar-refractivity contribution in [2.24, 2.45) is 5.92 Å². The van der Waals surface area contributed by atoms with E-state index in [-0.39, 0.29) is 24.7 Å². The van der Waals surface area contributed by atoms with Gasteiger partial charge in [0.1, 0.15) is 5.78 Å². The van der Waals surface area contributed by atoms with Gasteiger partial charge in [-0.2, -0.15) is 0 Å². The van der Waals surface area contributed by atoms with Crippen LogP contribution >= 0.6 is 0 Å². The molecule has 0 aromatic heterocycles. The van der Waals surface area contributed by atoms with E-state index in [1.807, 2.05) is 6.92 Å². The van der Waals surface area contributed by atoms with Crippen LogP contribution in [-0.2, 0) is 19.1 Å². The summed E-state index contributed by atoms with van der Waals surface area (Å²) in [5, 5.41) is 0. The number of rotatable bonds is 6. The van der Waals surface area contributed by atoms with Gasteiger partial charge >= 0.3 is 5.97 Å². The van der Waals surface area contributed by atoms with Gasteiger partial charge in [-0.1, -0.05) is 13.8 Å². The molecule has 0 rings (SSSR count). The van der Waals surface area contributed by atoms with Crippen LogP contribution in [0.2, 0.25) is 0 Å². The van der Waals surface area contributed by atoms with Crippen LogP contribution in [0.3, 0.4) is 0 Å². The molecule has 4 nitrogen and oxygen atoms in total. The number of ketones is 2. The first-order valence-corrected chi connectivity index (χ1v) is 4.75. The smallest absolute Gasteiger partial charge is 0.375 e. The predicted octanol–water partition coefficient (Wildman–Crippen LogP) is 1.12. The Bertz CT molecular complexity index is 232. The zero-order valence-corrected chi connectivity index (χ0v) is 8.83. The molecule has 0 aliphatic carbocycles. The van der Waals surface area contributed by atoms with Gasteiger partial charge in [-0.3, -0.25) is 9.59 Å². The minimum absolute atomic E-state index is 0.155. The van der Waals surface area contributed by atoms with Gasteiger partial charge in [0.25, 0.3) is 0 Å². The minimum atomic E-state index is -0.913. The highest BCUT2D eigenvalue weighted by atomic mass is 16.5. The summed E-state index contributed by atoms with van der Waals surface area (Å²) in [4.78, 5) is 33.2. The van der Waals surface area contributed by atoms with Gasteiger partial charge < -0.3 is 4.74 Å². The lowest BCUT2D eigenvalue weighted by Gasteiger charge is -2.05. The molecular formula is C10H16O4. The van der Waals surface area contributed by atoms with E-state index in [4.69, 9.17) is 0 Å². The molecule has 80 valence electrons. The van der Waals surface area contributed by atoms with E-state index in [1.54, 1.807) is 13.8 Å². The van der Waals surface area contributed by atoms with Crippen LogP contribution in [-0.4, -0.2) is 24.1 Å². The summed E-state index contributed by atoms with van der Waals surface area (Å²) in [6, 6.07) is 0. The van der Waals surface area contributed by atoms with Gasteiger partial charge in [0, 0.05) is 5.92 Å². The molecule has 14 heavy (non-hydrogen) atoms. The van der Waals surface area contributed by atoms with Crippen molar-refractivity contribution in [1.82, 2.24) is 0 Å². The molecular weight excluding hydrogens is 184 g/mol. The Labute approximate surface area is 83.6 Å². The quantitative estimate of drug-likeness (QED) is 0.366. The molecule has 0 aromatic rings. The number of Topliss-reactive ketones (excluding diaryl/α,β-unsaturated/α-hetero) is 2. The normalized spacial score (nSPS) is 11.9. The van der Waals surface area contributed by atoms with Crippen LogP contribution < -0.4 is 0 Å².